The van der Waals surface area contributed by atoms with E-state index in [9.17, 15) is 18.3 Å². The molecule has 0 aliphatic heterocycles. The van der Waals surface area contributed by atoms with Crippen molar-refractivity contribution in [1.82, 2.24) is 0 Å². The molecule has 0 aromatic heterocycles. The van der Waals surface area contributed by atoms with Crippen LogP contribution < -0.4 is 0 Å². The van der Waals surface area contributed by atoms with Gasteiger partial charge in [0.15, 0.2) is 0 Å². The van der Waals surface area contributed by atoms with Crippen molar-refractivity contribution in [1.29, 1.82) is 0 Å². The highest BCUT2D eigenvalue weighted by atomic mass is 19.4. The summed E-state index contributed by atoms with van der Waals surface area (Å²) in [6.45, 7) is 4.70. The number of aliphatic hydroxyl groups excluding tert-OH is 1. The van der Waals surface area contributed by atoms with Gasteiger partial charge in [0, 0.05) is 20.6 Å². The Hall–Kier alpha value is -0.550. The number of alkyl halides is 3. The van der Waals surface area contributed by atoms with Gasteiger partial charge in [0.2, 0.25) is 0 Å². The largest absolute Gasteiger partial charge is 0.393 e. The van der Waals surface area contributed by atoms with Crippen LogP contribution in [0.5, 0.6) is 0 Å². The number of aliphatic hydroxyl groups is 1. The highest BCUT2D eigenvalue weighted by molar-refractivity contribution is 5.25. The Morgan fingerprint density at radius 3 is 2.41 bits per heavy atom. The van der Waals surface area contributed by atoms with Gasteiger partial charge in [-0.05, 0) is 92.3 Å². The summed E-state index contributed by atoms with van der Waals surface area (Å²) < 4.78 is 42.5. The molecule has 0 radical (unpaired) electrons. The maximum Gasteiger partial charge on any atom is 0.389 e. The molecule has 7 atom stereocenters. The quantitative estimate of drug-likeness (QED) is 0.519. The van der Waals surface area contributed by atoms with Crippen molar-refractivity contribution < 1.29 is 23.0 Å². The summed E-state index contributed by atoms with van der Waals surface area (Å²) in [5.74, 6) is 2.12. The average molecular weight is 417 g/mol. The second-order valence-corrected chi connectivity index (χ2v) is 10.5. The highest BCUT2D eigenvalue weighted by Crippen LogP contribution is 2.66. The van der Waals surface area contributed by atoms with Gasteiger partial charge in [0.25, 0.3) is 0 Å². The van der Waals surface area contributed by atoms with E-state index >= 15 is 0 Å². The Balaban J connectivity index is 0.000000755. The summed E-state index contributed by atoms with van der Waals surface area (Å²) in [7, 11) is 3.25. The normalized spacial score (nSPS) is 44.0. The molecule has 4 aliphatic carbocycles. The predicted molar refractivity (Wildman–Crippen MR) is 109 cm³/mol. The molecule has 7 unspecified atom stereocenters. The van der Waals surface area contributed by atoms with Gasteiger partial charge in [0.05, 0.1) is 6.10 Å². The molecule has 3 fully saturated rings. The van der Waals surface area contributed by atoms with Gasteiger partial charge in [-0.25, -0.2) is 0 Å². The van der Waals surface area contributed by atoms with E-state index in [-0.39, 0.29) is 22.9 Å². The fourth-order valence-electron chi connectivity index (χ4n) is 7.56. The van der Waals surface area contributed by atoms with Crippen molar-refractivity contribution in [3.05, 3.63) is 11.6 Å². The molecule has 0 heterocycles. The van der Waals surface area contributed by atoms with Gasteiger partial charge in [-0.1, -0.05) is 25.5 Å². The molecule has 4 rings (SSSR count). The molecule has 0 bridgehead atoms. The number of methoxy groups -OCH3 is 1. The van der Waals surface area contributed by atoms with Crippen LogP contribution in [0.2, 0.25) is 0 Å². The summed E-state index contributed by atoms with van der Waals surface area (Å²) in [5.41, 5.74) is 1.78. The monoisotopic (exact) mass is 416 g/mol. The van der Waals surface area contributed by atoms with Crippen LogP contribution in [-0.4, -0.2) is 31.6 Å². The van der Waals surface area contributed by atoms with Crippen LogP contribution in [0.1, 0.15) is 78.1 Å². The minimum Gasteiger partial charge on any atom is -0.393 e. The van der Waals surface area contributed by atoms with Crippen molar-refractivity contribution in [3.63, 3.8) is 0 Å². The minimum atomic E-state index is -4.02. The van der Waals surface area contributed by atoms with Gasteiger partial charge in [-0.3, -0.25) is 0 Å². The first-order valence-electron chi connectivity index (χ1n) is 11.4. The lowest BCUT2D eigenvalue weighted by molar-refractivity contribution is -0.141. The van der Waals surface area contributed by atoms with Gasteiger partial charge < -0.3 is 9.84 Å². The second-order valence-electron chi connectivity index (χ2n) is 10.5. The molecule has 29 heavy (non-hydrogen) atoms. The van der Waals surface area contributed by atoms with E-state index in [4.69, 9.17) is 0 Å². The van der Waals surface area contributed by atoms with Crippen molar-refractivity contribution in [3.8, 4) is 0 Å². The molecular weight excluding hydrogens is 377 g/mol. The Kier molecular flexibility index (Phi) is 6.80. The Morgan fingerprint density at radius 2 is 1.76 bits per heavy atom. The van der Waals surface area contributed by atoms with Crippen LogP contribution in [0.15, 0.2) is 11.6 Å². The number of rotatable bonds is 2. The number of fused-ring (bicyclic) bond motifs is 5. The third kappa shape index (κ3) is 4.42. The van der Waals surface area contributed by atoms with E-state index < -0.39 is 12.6 Å². The summed E-state index contributed by atoms with van der Waals surface area (Å²) >= 11 is 0. The summed E-state index contributed by atoms with van der Waals surface area (Å²) in [4.78, 5) is 0. The first-order chi connectivity index (χ1) is 13.5. The molecule has 0 spiro atoms. The molecule has 2 nitrogen and oxygen atoms in total. The van der Waals surface area contributed by atoms with E-state index in [0.29, 0.717) is 24.2 Å². The number of ether oxygens (including phenoxy) is 1. The molecule has 4 aliphatic rings. The Bertz CT molecular complexity index is 601. The molecule has 168 valence electrons. The molecular formula is C24H39F3O2. The van der Waals surface area contributed by atoms with Crippen LogP contribution in [0.25, 0.3) is 0 Å². The summed E-state index contributed by atoms with van der Waals surface area (Å²) in [5, 5.41) is 10.1. The van der Waals surface area contributed by atoms with Crippen LogP contribution in [0.4, 0.5) is 13.2 Å². The average Bonchev–Trinajstić information content (AvgIpc) is 2.97. The second kappa shape index (κ2) is 8.53. The third-order valence-corrected chi connectivity index (χ3v) is 9.05. The predicted octanol–water partition coefficient (Wildman–Crippen LogP) is 6.53. The van der Waals surface area contributed by atoms with E-state index in [1.807, 2.05) is 0 Å². The highest BCUT2D eigenvalue weighted by Gasteiger charge is 2.58. The first kappa shape index (κ1) is 23.1. The maximum absolute atomic E-state index is 12.8. The first-order valence-corrected chi connectivity index (χ1v) is 11.4. The minimum absolute atomic E-state index is 0.0995. The van der Waals surface area contributed by atoms with Crippen LogP contribution in [-0.2, 0) is 4.74 Å². The van der Waals surface area contributed by atoms with Crippen LogP contribution in [0, 0.1) is 34.5 Å². The van der Waals surface area contributed by atoms with Crippen LogP contribution >= 0.6 is 0 Å². The summed E-state index contributed by atoms with van der Waals surface area (Å²) in [6, 6.07) is 0. The molecule has 0 aromatic rings. The van der Waals surface area contributed by atoms with E-state index in [1.54, 1.807) is 14.2 Å². The van der Waals surface area contributed by atoms with Gasteiger partial charge in [-0.15, -0.1) is 0 Å². The number of hydrogen-bond acceptors (Lipinski definition) is 2. The number of allylic oxidation sites excluding steroid dienone is 1. The zero-order valence-electron chi connectivity index (χ0n) is 18.5. The lowest BCUT2D eigenvalue weighted by atomic mass is 9.47. The fraction of sp³-hybridized carbons (Fsp3) is 0.917. The van der Waals surface area contributed by atoms with Gasteiger partial charge >= 0.3 is 6.18 Å². The number of hydrogen-bond donors (Lipinski definition) is 1. The van der Waals surface area contributed by atoms with Crippen molar-refractivity contribution >= 4 is 0 Å². The van der Waals surface area contributed by atoms with Crippen molar-refractivity contribution in [2.45, 2.75) is 90.3 Å². The zero-order valence-corrected chi connectivity index (χ0v) is 18.5. The standard InChI is InChI=1S/C22H33F3O.C2H6O/c1-20-11-9-19-17(5-3-15-13-16(26)8-10-21(15,19)2)18(20)6-4-14(20)7-12-22(23,24)25;1-3-2/h3,14,16-19,26H,4-13H2,1-2H3;1-2H3. The zero-order chi connectivity index (χ0) is 21.4. The Labute approximate surface area is 174 Å². The number of halogens is 3. The fourth-order valence-corrected chi connectivity index (χ4v) is 7.56. The van der Waals surface area contributed by atoms with Crippen LogP contribution in [0.3, 0.4) is 0 Å². The third-order valence-electron chi connectivity index (χ3n) is 9.05. The van der Waals surface area contributed by atoms with E-state index in [2.05, 4.69) is 24.7 Å². The smallest absolute Gasteiger partial charge is 0.389 e. The lowest BCUT2D eigenvalue weighted by Gasteiger charge is -2.58. The Morgan fingerprint density at radius 1 is 1.07 bits per heavy atom. The molecule has 0 amide bonds. The van der Waals surface area contributed by atoms with E-state index in [1.165, 1.54) is 5.57 Å². The van der Waals surface area contributed by atoms with E-state index in [0.717, 1.165) is 51.4 Å². The molecule has 0 saturated heterocycles. The van der Waals surface area contributed by atoms with Gasteiger partial charge in [-0.2, -0.15) is 13.2 Å². The lowest BCUT2D eigenvalue weighted by Crippen LogP contribution is -2.50. The van der Waals surface area contributed by atoms with Crippen molar-refractivity contribution in [2.75, 3.05) is 14.2 Å². The molecule has 5 heteroatoms. The molecule has 3 saturated carbocycles. The molecule has 0 aromatic carbocycles. The van der Waals surface area contributed by atoms with Crippen molar-refractivity contribution in [2.24, 2.45) is 34.5 Å². The SMILES string of the molecule is CC12CCC(O)CC1=CCC1C2CCC2(C)C(CCC(F)(F)F)CCC12.COC. The maximum atomic E-state index is 12.8. The van der Waals surface area contributed by atoms with Gasteiger partial charge in [0.1, 0.15) is 0 Å². The topological polar surface area (TPSA) is 29.5 Å². The summed E-state index contributed by atoms with van der Waals surface area (Å²) in [6.07, 6.45) is 6.11. The molecule has 1 N–H and O–H groups in total.